The monoisotopic (exact) mass is 242 g/mol. The third-order valence-electron chi connectivity index (χ3n) is 2.45. The first-order valence-electron chi connectivity index (χ1n) is 5.39. The zero-order chi connectivity index (χ0) is 11.4. The molecular formula is C9H15ClN6. The average Bonchev–Trinajstić information content (AvgIpc) is 2.29. The Kier molecular flexibility index (Phi) is 3.74. The van der Waals surface area contributed by atoms with Crippen molar-refractivity contribution in [2.24, 2.45) is 0 Å². The minimum absolute atomic E-state index is 0.193. The van der Waals surface area contributed by atoms with Crippen LogP contribution in [0.3, 0.4) is 0 Å². The minimum atomic E-state index is 0.193. The molecule has 2 heterocycles. The van der Waals surface area contributed by atoms with Crippen LogP contribution in [0, 0.1) is 0 Å². The zero-order valence-corrected chi connectivity index (χ0v) is 9.96. The van der Waals surface area contributed by atoms with Gasteiger partial charge < -0.3 is 5.32 Å². The van der Waals surface area contributed by atoms with Gasteiger partial charge in [-0.15, -0.1) is 0 Å². The van der Waals surface area contributed by atoms with E-state index in [-0.39, 0.29) is 5.28 Å². The molecule has 0 saturated carbocycles. The van der Waals surface area contributed by atoms with E-state index in [1.165, 1.54) is 19.3 Å². The maximum absolute atomic E-state index is 5.79. The standard InChI is InChI=1S/C9H15ClN6/c1-11-8-12-7(10)13-9(14-8)15-16-5-3-2-4-6-16/h2-6H2,1H3,(H2,11,12,13,14,15). The second-order valence-corrected chi connectivity index (χ2v) is 4.00. The number of hydrazine groups is 1. The highest BCUT2D eigenvalue weighted by molar-refractivity contribution is 6.28. The summed E-state index contributed by atoms with van der Waals surface area (Å²) in [4.78, 5) is 12.1. The molecule has 1 aromatic heterocycles. The quantitative estimate of drug-likeness (QED) is 0.835. The Labute approximate surface area is 99.4 Å². The van der Waals surface area contributed by atoms with Crippen LogP contribution in [0.5, 0.6) is 0 Å². The third-order valence-corrected chi connectivity index (χ3v) is 2.61. The number of hydrogen-bond donors (Lipinski definition) is 2. The number of aromatic nitrogens is 3. The molecule has 1 aliphatic heterocycles. The molecule has 0 aliphatic carbocycles. The van der Waals surface area contributed by atoms with Crippen molar-refractivity contribution in [2.75, 3.05) is 30.9 Å². The summed E-state index contributed by atoms with van der Waals surface area (Å²) in [5.74, 6) is 0.964. The lowest BCUT2D eigenvalue weighted by molar-refractivity contribution is 0.271. The third kappa shape index (κ3) is 2.93. The van der Waals surface area contributed by atoms with Crippen LogP contribution in [-0.2, 0) is 0 Å². The van der Waals surface area contributed by atoms with E-state index in [1.807, 2.05) is 0 Å². The number of piperidine rings is 1. The van der Waals surface area contributed by atoms with Crippen LogP contribution in [0.15, 0.2) is 0 Å². The normalized spacial score (nSPS) is 17.1. The fraction of sp³-hybridized carbons (Fsp3) is 0.667. The van der Waals surface area contributed by atoms with Crippen molar-refractivity contribution in [2.45, 2.75) is 19.3 Å². The molecular weight excluding hydrogens is 228 g/mol. The highest BCUT2D eigenvalue weighted by Crippen LogP contribution is 2.12. The fourth-order valence-corrected chi connectivity index (χ4v) is 1.82. The summed E-state index contributed by atoms with van der Waals surface area (Å²) >= 11 is 5.79. The summed E-state index contributed by atoms with van der Waals surface area (Å²) < 4.78 is 0. The van der Waals surface area contributed by atoms with Gasteiger partial charge in [-0.1, -0.05) is 6.42 Å². The van der Waals surface area contributed by atoms with Crippen LogP contribution in [0.2, 0.25) is 5.28 Å². The van der Waals surface area contributed by atoms with Crippen LogP contribution in [0.25, 0.3) is 0 Å². The summed E-state index contributed by atoms with van der Waals surface area (Å²) in [5, 5.41) is 5.14. The summed E-state index contributed by atoms with van der Waals surface area (Å²) in [5.41, 5.74) is 3.14. The van der Waals surface area contributed by atoms with Crippen LogP contribution < -0.4 is 10.7 Å². The predicted molar refractivity (Wildman–Crippen MR) is 63.4 cm³/mol. The summed E-state index contributed by atoms with van der Waals surface area (Å²) in [6, 6.07) is 0. The Morgan fingerprint density at radius 3 is 2.44 bits per heavy atom. The largest absolute Gasteiger partial charge is 0.357 e. The van der Waals surface area contributed by atoms with E-state index < -0.39 is 0 Å². The molecule has 0 unspecified atom stereocenters. The fourth-order valence-electron chi connectivity index (χ4n) is 1.66. The number of nitrogens with one attached hydrogen (secondary N) is 2. The molecule has 2 rings (SSSR count). The second-order valence-electron chi connectivity index (χ2n) is 3.66. The molecule has 7 heteroatoms. The van der Waals surface area contributed by atoms with E-state index in [0.29, 0.717) is 11.9 Å². The van der Waals surface area contributed by atoms with Crippen molar-refractivity contribution < 1.29 is 0 Å². The van der Waals surface area contributed by atoms with Gasteiger partial charge in [-0.25, -0.2) is 5.01 Å². The van der Waals surface area contributed by atoms with E-state index in [9.17, 15) is 0 Å². The minimum Gasteiger partial charge on any atom is -0.357 e. The number of halogens is 1. The van der Waals surface area contributed by atoms with Gasteiger partial charge in [0.05, 0.1) is 0 Å². The first-order chi connectivity index (χ1) is 7.78. The van der Waals surface area contributed by atoms with Gasteiger partial charge in [-0.2, -0.15) is 15.0 Å². The molecule has 0 spiro atoms. The van der Waals surface area contributed by atoms with Crippen molar-refractivity contribution in [3.05, 3.63) is 5.28 Å². The van der Waals surface area contributed by atoms with Gasteiger partial charge in [0.1, 0.15) is 0 Å². The van der Waals surface area contributed by atoms with Gasteiger partial charge in [0.2, 0.25) is 17.2 Å². The van der Waals surface area contributed by atoms with Crippen LogP contribution in [0.4, 0.5) is 11.9 Å². The molecule has 0 aromatic carbocycles. The van der Waals surface area contributed by atoms with Crippen molar-refractivity contribution in [3.63, 3.8) is 0 Å². The van der Waals surface area contributed by atoms with E-state index in [2.05, 4.69) is 30.7 Å². The van der Waals surface area contributed by atoms with Crippen LogP contribution in [0.1, 0.15) is 19.3 Å². The van der Waals surface area contributed by atoms with E-state index in [0.717, 1.165) is 13.1 Å². The summed E-state index contributed by atoms with van der Waals surface area (Å²) in [6.07, 6.45) is 3.69. The average molecular weight is 243 g/mol. The number of anilines is 2. The molecule has 0 atom stereocenters. The Morgan fingerprint density at radius 1 is 1.06 bits per heavy atom. The van der Waals surface area contributed by atoms with Gasteiger partial charge in [-0.3, -0.25) is 5.43 Å². The Morgan fingerprint density at radius 2 is 1.75 bits per heavy atom. The maximum atomic E-state index is 5.79. The molecule has 16 heavy (non-hydrogen) atoms. The number of rotatable bonds is 3. The van der Waals surface area contributed by atoms with E-state index in [1.54, 1.807) is 7.05 Å². The highest BCUT2D eigenvalue weighted by atomic mass is 35.5. The molecule has 6 nitrogen and oxygen atoms in total. The van der Waals surface area contributed by atoms with Crippen LogP contribution >= 0.6 is 11.6 Å². The molecule has 1 fully saturated rings. The first-order valence-corrected chi connectivity index (χ1v) is 5.76. The lowest BCUT2D eigenvalue weighted by Crippen LogP contribution is -2.35. The van der Waals surface area contributed by atoms with Gasteiger partial charge in [-0.05, 0) is 24.4 Å². The molecule has 1 aliphatic rings. The second kappa shape index (κ2) is 5.27. The Balaban J connectivity index is 2.04. The molecule has 2 N–H and O–H groups in total. The van der Waals surface area contributed by atoms with Gasteiger partial charge in [0, 0.05) is 20.1 Å². The summed E-state index contributed by atoms with van der Waals surface area (Å²) in [7, 11) is 1.75. The predicted octanol–water partition coefficient (Wildman–Crippen LogP) is 1.38. The van der Waals surface area contributed by atoms with Gasteiger partial charge >= 0.3 is 0 Å². The molecule has 88 valence electrons. The van der Waals surface area contributed by atoms with E-state index in [4.69, 9.17) is 11.6 Å². The molecule has 1 saturated heterocycles. The molecule has 1 aromatic rings. The lowest BCUT2D eigenvalue weighted by atomic mass is 10.2. The molecule has 0 radical (unpaired) electrons. The topological polar surface area (TPSA) is 66.0 Å². The SMILES string of the molecule is CNc1nc(Cl)nc(NN2CCCCC2)n1. The van der Waals surface area contributed by atoms with Crippen molar-refractivity contribution in [3.8, 4) is 0 Å². The smallest absolute Gasteiger partial charge is 0.243 e. The van der Waals surface area contributed by atoms with Crippen molar-refractivity contribution in [1.82, 2.24) is 20.0 Å². The highest BCUT2D eigenvalue weighted by Gasteiger charge is 2.12. The zero-order valence-electron chi connectivity index (χ0n) is 9.20. The lowest BCUT2D eigenvalue weighted by Gasteiger charge is -2.26. The van der Waals surface area contributed by atoms with Crippen molar-refractivity contribution in [1.29, 1.82) is 0 Å². The summed E-state index contributed by atoms with van der Waals surface area (Å²) in [6.45, 7) is 2.02. The van der Waals surface area contributed by atoms with E-state index >= 15 is 0 Å². The molecule has 0 amide bonds. The van der Waals surface area contributed by atoms with Crippen LogP contribution in [-0.4, -0.2) is 40.1 Å². The Hall–Kier alpha value is -1.14. The maximum Gasteiger partial charge on any atom is 0.243 e. The van der Waals surface area contributed by atoms with Crippen molar-refractivity contribution >= 4 is 23.5 Å². The van der Waals surface area contributed by atoms with Gasteiger partial charge in [0.15, 0.2) is 0 Å². The number of hydrogen-bond acceptors (Lipinski definition) is 6. The molecule has 0 bridgehead atoms. The van der Waals surface area contributed by atoms with Gasteiger partial charge in [0.25, 0.3) is 0 Å². The Bertz CT molecular complexity index is 352. The first kappa shape index (κ1) is 11.3. The number of nitrogens with zero attached hydrogens (tertiary/aromatic N) is 4.